The van der Waals surface area contributed by atoms with E-state index in [4.69, 9.17) is 0 Å². The maximum Gasteiger partial charge on any atom is 0.0562 e. The number of nitrogens with zero attached hydrogens (tertiary/aromatic N) is 4. The molecule has 14 aromatic rings. The lowest BCUT2D eigenvalue weighted by molar-refractivity contribution is 1.15. The summed E-state index contributed by atoms with van der Waals surface area (Å²) in [4.78, 5) is 0. The van der Waals surface area contributed by atoms with Gasteiger partial charge in [0.15, 0.2) is 0 Å². The molecule has 0 amide bonds. The molecule has 0 N–H and O–H groups in total. The molecule has 0 aliphatic heterocycles. The van der Waals surface area contributed by atoms with Crippen LogP contribution < -0.4 is 0 Å². The van der Waals surface area contributed by atoms with Crippen LogP contribution in [0.1, 0.15) is 0 Å². The molecule has 4 nitrogen and oxygen atoms in total. The van der Waals surface area contributed by atoms with Crippen LogP contribution in [-0.2, 0) is 0 Å². The van der Waals surface area contributed by atoms with Crippen LogP contribution in [-0.4, -0.2) is 18.3 Å². The number of benzene rings is 10. The van der Waals surface area contributed by atoms with Crippen molar-refractivity contribution in [2.75, 3.05) is 0 Å². The molecule has 0 aliphatic rings. The topological polar surface area (TPSA) is 19.7 Å². The third kappa shape index (κ3) is 4.82. The molecule has 4 aromatic heterocycles. The first kappa shape index (κ1) is 35.0. The Morgan fingerprint density at radius 3 is 1.02 bits per heavy atom. The van der Waals surface area contributed by atoms with Crippen LogP contribution in [0.3, 0.4) is 0 Å². The van der Waals surface area contributed by atoms with Gasteiger partial charge in [-0.1, -0.05) is 152 Å². The first-order valence-corrected chi connectivity index (χ1v) is 22.0. The Morgan fingerprint density at radius 1 is 0.203 bits per heavy atom. The summed E-state index contributed by atoms with van der Waals surface area (Å²) in [7, 11) is 0. The Hall–Kier alpha value is -8.60. The van der Waals surface area contributed by atoms with E-state index >= 15 is 0 Å². The molecule has 0 saturated heterocycles. The molecule has 64 heavy (non-hydrogen) atoms. The van der Waals surface area contributed by atoms with Crippen molar-refractivity contribution in [1.82, 2.24) is 18.3 Å². The molecular weight excluding hydrogens is 777 g/mol. The van der Waals surface area contributed by atoms with Gasteiger partial charge in [-0.3, -0.25) is 0 Å². The highest BCUT2D eigenvalue weighted by Crippen LogP contribution is 2.43. The number of para-hydroxylation sites is 8. The molecule has 0 atom stereocenters. The van der Waals surface area contributed by atoms with Gasteiger partial charge in [-0.2, -0.15) is 0 Å². The average Bonchev–Trinajstić information content (AvgIpc) is 4.09. The summed E-state index contributed by atoms with van der Waals surface area (Å²) in [6, 6.07) is 84.4. The SMILES string of the molecule is c1ccc(-n2c3ccccc3c3ccccc32)c(-c2ccccc2-n2c3ccccc3c3cc(-n4c5ccccc5c5c(-n6c7ccccc7c7ccccc76)cccc54)ccc32)c1. The standard InChI is InChI=1S/C60H38N4/c1-9-26-49-40(18-1)41-19-2-10-27-50(41)62(49)51-28-11-3-20-42(51)43-21-4-12-29-52(43)63-55-32-15-7-24-46(55)48-38-39(36-37-57(48)63)61-56-33-16-8-25-47(56)60-58(61)34-17-35-59(60)64-53-30-13-5-22-44(53)45-23-6-14-31-54(45)64/h1-38H. The normalized spacial score (nSPS) is 12.1. The lowest BCUT2D eigenvalue weighted by Crippen LogP contribution is -2.01. The van der Waals surface area contributed by atoms with E-state index in [2.05, 4.69) is 249 Å². The molecule has 0 bridgehead atoms. The molecule has 4 heterocycles. The Bertz CT molecular complexity index is 4100. The van der Waals surface area contributed by atoms with Crippen LogP contribution >= 0.6 is 0 Å². The van der Waals surface area contributed by atoms with E-state index in [1.165, 1.54) is 104 Å². The number of hydrogen-bond donors (Lipinski definition) is 0. The number of rotatable bonds is 5. The van der Waals surface area contributed by atoms with Gasteiger partial charge < -0.3 is 18.3 Å². The molecule has 10 aromatic carbocycles. The zero-order valence-corrected chi connectivity index (χ0v) is 34.7. The predicted octanol–water partition coefficient (Wildman–Crippen LogP) is 15.7. The number of aromatic nitrogens is 4. The minimum Gasteiger partial charge on any atom is -0.309 e. The first-order valence-electron chi connectivity index (χ1n) is 22.0. The van der Waals surface area contributed by atoms with E-state index in [1.54, 1.807) is 0 Å². The summed E-state index contributed by atoms with van der Waals surface area (Å²) >= 11 is 0. The highest BCUT2D eigenvalue weighted by atomic mass is 15.0. The molecule has 0 saturated carbocycles. The molecule has 0 spiro atoms. The number of fused-ring (bicyclic) bond motifs is 12. The van der Waals surface area contributed by atoms with Crippen LogP contribution in [0.5, 0.6) is 0 Å². The van der Waals surface area contributed by atoms with Gasteiger partial charge in [0, 0.05) is 59.9 Å². The van der Waals surface area contributed by atoms with Crippen molar-refractivity contribution in [3.63, 3.8) is 0 Å². The van der Waals surface area contributed by atoms with Gasteiger partial charge in [-0.25, -0.2) is 0 Å². The second-order valence-corrected chi connectivity index (χ2v) is 16.9. The van der Waals surface area contributed by atoms with Crippen molar-refractivity contribution in [3.8, 4) is 33.9 Å². The summed E-state index contributed by atoms with van der Waals surface area (Å²) in [5, 5.41) is 9.93. The lowest BCUT2D eigenvalue weighted by Gasteiger charge is -2.18. The monoisotopic (exact) mass is 814 g/mol. The molecule has 0 radical (unpaired) electrons. The molecule has 0 unspecified atom stereocenters. The average molecular weight is 815 g/mol. The lowest BCUT2D eigenvalue weighted by atomic mass is 10.0. The van der Waals surface area contributed by atoms with Crippen LogP contribution in [0.2, 0.25) is 0 Å². The fraction of sp³-hybridized carbons (Fsp3) is 0. The summed E-state index contributed by atoms with van der Waals surface area (Å²) in [6.07, 6.45) is 0. The van der Waals surface area contributed by atoms with Crippen LogP contribution in [0.15, 0.2) is 231 Å². The summed E-state index contributed by atoms with van der Waals surface area (Å²) in [5.41, 5.74) is 16.5. The van der Waals surface area contributed by atoms with Crippen molar-refractivity contribution in [3.05, 3.63) is 231 Å². The van der Waals surface area contributed by atoms with Crippen molar-refractivity contribution < 1.29 is 0 Å². The fourth-order valence-corrected chi connectivity index (χ4v) is 11.0. The molecule has 298 valence electrons. The minimum absolute atomic E-state index is 1.13. The molecule has 0 fully saturated rings. The van der Waals surface area contributed by atoms with E-state index in [9.17, 15) is 0 Å². The van der Waals surface area contributed by atoms with Crippen molar-refractivity contribution in [1.29, 1.82) is 0 Å². The largest absolute Gasteiger partial charge is 0.309 e. The van der Waals surface area contributed by atoms with E-state index in [1.807, 2.05) is 0 Å². The predicted molar refractivity (Wildman–Crippen MR) is 269 cm³/mol. The minimum atomic E-state index is 1.13. The van der Waals surface area contributed by atoms with Gasteiger partial charge in [0.25, 0.3) is 0 Å². The highest BCUT2D eigenvalue weighted by molar-refractivity contribution is 6.17. The highest BCUT2D eigenvalue weighted by Gasteiger charge is 2.23. The van der Waals surface area contributed by atoms with Gasteiger partial charge in [0.2, 0.25) is 0 Å². The molecule has 0 aliphatic carbocycles. The van der Waals surface area contributed by atoms with Gasteiger partial charge >= 0.3 is 0 Å². The van der Waals surface area contributed by atoms with Crippen molar-refractivity contribution in [2.45, 2.75) is 0 Å². The Balaban J connectivity index is 0.996. The van der Waals surface area contributed by atoms with Crippen molar-refractivity contribution in [2.24, 2.45) is 0 Å². The summed E-state index contributed by atoms with van der Waals surface area (Å²) in [5.74, 6) is 0. The zero-order valence-electron chi connectivity index (χ0n) is 34.7. The zero-order chi connectivity index (χ0) is 41.9. The van der Waals surface area contributed by atoms with Gasteiger partial charge in [-0.15, -0.1) is 0 Å². The molecule has 4 heteroatoms. The second-order valence-electron chi connectivity index (χ2n) is 16.9. The van der Waals surface area contributed by atoms with Gasteiger partial charge in [0.1, 0.15) is 0 Å². The van der Waals surface area contributed by atoms with E-state index in [-0.39, 0.29) is 0 Å². The quantitative estimate of drug-likeness (QED) is 0.165. The summed E-state index contributed by atoms with van der Waals surface area (Å²) < 4.78 is 9.83. The third-order valence-electron chi connectivity index (χ3n) is 13.6. The molecular formula is C60H38N4. The maximum absolute atomic E-state index is 2.47. The van der Waals surface area contributed by atoms with E-state index < -0.39 is 0 Å². The fourth-order valence-electron chi connectivity index (χ4n) is 11.0. The Labute approximate surface area is 368 Å². The first-order chi connectivity index (χ1) is 31.8. The third-order valence-corrected chi connectivity index (χ3v) is 13.6. The summed E-state index contributed by atoms with van der Waals surface area (Å²) in [6.45, 7) is 0. The Kier molecular flexibility index (Phi) is 7.36. The van der Waals surface area contributed by atoms with Gasteiger partial charge in [-0.05, 0) is 78.9 Å². The van der Waals surface area contributed by atoms with Crippen LogP contribution in [0.25, 0.3) is 121 Å². The molecule has 14 rings (SSSR count). The number of hydrogen-bond acceptors (Lipinski definition) is 0. The van der Waals surface area contributed by atoms with Gasteiger partial charge in [0.05, 0.1) is 61.2 Å². The van der Waals surface area contributed by atoms with Crippen LogP contribution in [0.4, 0.5) is 0 Å². The smallest absolute Gasteiger partial charge is 0.0562 e. The van der Waals surface area contributed by atoms with Crippen LogP contribution in [0, 0.1) is 0 Å². The van der Waals surface area contributed by atoms with E-state index in [0.29, 0.717) is 0 Å². The Morgan fingerprint density at radius 2 is 0.531 bits per heavy atom. The van der Waals surface area contributed by atoms with E-state index in [0.717, 1.165) is 17.1 Å². The van der Waals surface area contributed by atoms with Crippen molar-refractivity contribution >= 4 is 87.2 Å². The maximum atomic E-state index is 2.47. The second kappa shape index (κ2) is 13.4.